The molecular weight excluding hydrogens is 238 g/mol. The number of thioether (sulfide) groups is 1. The molecule has 0 bridgehead atoms. The number of hydrogen-bond donors (Lipinski definition) is 1. The largest absolute Gasteiger partial charge is 0.398 e. The van der Waals surface area contributed by atoms with Gasteiger partial charge in [-0.25, -0.2) is 0 Å². The second-order valence-corrected chi connectivity index (χ2v) is 4.63. The van der Waals surface area contributed by atoms with E-state index < -0.39 is 0 Å². The van der Waals surface area contributed by atoms with Crippen molar-refractivity contribution in [1.29, 1.82) is 0 Å². The second kappa shape index (κ2) is 5.05. The molecule has 0 aliphatic rings. The summed E-state index contributed by atoms with van der Waals surface area (Å²) in [6.45, 7) is 0.599. The van der Waals surface area contributed by atoms with Gasteiger partial charge in [0.15, 0.2) is 5.16 Å². The Kier molecular flexibility index (Phi) is 3.48. The quantitative estimate of drug-likeness (QED) is 0.793. The standard InChI is InChI=1S/C10H13N5OS/c1-14-7-12-13-10(14)17-5-4-15-6-8(11)2-3-9(15)16/h2-3,6-7H,4-5,11H2,1H3. The summed E-state index contributed by atoms with van der Waals surface area (Å²) >= 11 is 1.55. The van der Waals surface area contributed by atoms with Gasteiger partial charge in [-0.05, 0) is 6.07 Å². The van der Waals surface area contributed by atoms with Crippen molar-refractivity contribution < 1.29 is 0 Å². The van der Waals surface area contributed by atoms with E-state index in [1.807, 2.05) is 11.6 Å². The van der Waals surface area contributed by atoms with E-state index in [1.54, 1.807) is 34.9 Å². The zero-order valence-corrected chi connectivity index (χ0v) is 10.2. The van der Waals surface area contributed by atoms with Crippen LogP contribution in [-0.2, 0) is 13.6 Å². The van der Waals surface area contributed by atoms with Gasteiger partial charge in [0.1, 0.15) is 6.33 Å². The van der Waals surface area contributed by atoms with Crippen LogP contribution >= 0.6 is 11.8 Å². The van der Waals surface area contributed by atoms with Gasteiger partial charge in [-0.1, -0.05) is 11.8 Å². The van der Waals surface area contributed by atoms with Crippen molar-refractivity contribution in [3.8, 4) is 0 Å². The molecule has 7 heteroatoms. The normalized spacial score (nSPS) is 10.6. The van der Waals surface area contributed by atoms with Crippen molar-refractivity contribution in [2.45, 2.75) is 11.7 Å². The van der Waals surface area contributed by atoms with Crippen molar-refractivity contribution in [1.82, 2.24) is 19.3 Å². The molecule has 0 atom stereocenters. The fourth-order valence-electron chi connectivity index (χ4n) is 1.36. The van der Waals surface area contributed by atoms with Crippen molar-refractivity contribution >= 4 is 17.4 Å². The molecule has 0 aliphatic heterocycles. The monoisotopic (exact) mass is 251 g/mol. The Morgan fingerprint density at radius 2 is 2.29 bits per heavy atom. The first-order chi connectivity index (χ1) is 8.16. The predicted molar refractivity (Wildman–Crippen MR) is 66.8 cm³/mol. The molecule has 0 aromatic carbocycles. The van der Waals surface area contributed by atoms with E-state index in [-0.39, 0.29) is 5.56 Å². The second-order valence-electron chi connectivity index (χ2n) is 3.57. The van der Waals surface area contributed by atoms with Crippen LogP contribution in [0, 0.1) is 0 Å². The average molecular weight is 251 g/mol. The van der Waals surface area contributed by atoms with Crippen LogP contribution < -0.4 is 11.3 Å². The zero-order valence-electron chi connectivity index (χ0n) is 9.41. The number of nitrogens with two attached hydrogens (primary N) is 1. The van der Waals surface area contributed by atoms with Crippen molar-refractivity contribution in [2.24, 2.45) is 7.05 Å². The van der Waals surface area contributed by atoms with Crippen LogP contribution in [0.25, 0.3) is 0 Å². The highest BCUT2D eigenvalue weighted by molar-refractivity contribution is 7.99. The predicted octanol–water partition coefficient (Wildman–Crippen LogP) is 0.351. The first-order valence-corrected chi connectivity index (χ1v) is 6.08. The molecule has 2 heterocycles. The third kappa shape index (κ3) is 2.88. The molecule has 0 aliphatic carbocycles. The van der Waals surface area contributed by atoms with Crippen LogP contribution in [-0.4, -0.2) is 25.1 Å². The zero-order chi connectivity index (χ0) is 12.3. The van der Waals surface area contributed by atoms with E-state index in [4.69, 9.17) is 5.73 Å². The van der Waals surface area contributed by atoms with E-state index in [0.717, 1.165) is 10.9 Å². The number of rotatable bonds is 4. The summed E-state index contributed by atoms with van der Waals surface area (Å²) in [5.74, 6) is 0.746. The molecule has 2 rings (SSSR count). The third-order valence-electron chi connectivity index (χ3n) is 2.24. The lowest BCUT2D eigenvalue weighted by Crippen LogP contribution is -2.20. The van der Waals surface area contributed by atoms with E-state index in [0.29, 0.717) is 12.2 Å². The van der Waals surface area contributed by atoms with Crippen molar-refractivity contribution in [3.05, 3.63) is 35.0 Å². The molecule has 0 saturated carbocycles. The maximum Gasteiger partial charge on any atom is 0.250 e. The van der Waals surface area contributed by atoms with Crippen LogP contribution in [0.4, 0.5) is 5.69 Å². The van der Waals surface area contributed by atoms with Gasteiger partial charge in [-0.3, -0.25) is 4.79 Å². The lowest BCUT2D eigenvalue weighted by atomic mass is 10.4. The molecule has 0 saturated heterocycles. The first-order valence-electron chi connectivity index (χ1n) is 5.09. The number of aryl methyl sites for hydroxylation is 2. The summed E-state index contributed by atoms with van der Waals surface area (Å²) in [5, 5.41) is 8.57. The number of nitrogen functional groups attached to an aromatic ring is 1. The number of anilines is 1. The summed E-state index contributed by atoms with van der Waals surface area (Å²) in [4.78, 5) is 11.5. The molecule has 2 aromatic rings. The maximum atomic E-state index is 11.5. The summed E-state index contributed by atoms with van der Waals surface area (Å²) in [6.07, 6.45) is 3.30. The van der Waals surface area contributed by atoms with Gasteiger partial charge in [-0.15, -0.1) is 10.2 Å². The number of hydrogen-bond acceptors (Lipinski definition) is 5. The molecular formula is C10H13N5OS. The number of nitrogens with zero attached hydrogens (tertiary/aromatic N) is 4. The van der Waals surface area contributed by atoms with Gasteiger partial charge in [0.05, 0.1) is 0 Å². The van der Waals surface area contributed by atoms with Crippen molar-refractivity contribution in [2.75, 3.05) is 11.5 Å². The highest BCUT2D eigenvalue weighted by Gasteiger charge is 2.02. The Labute approximate surface area is 102 Å². The SMILES string of the molecule is Cn1cnnc1SCCn1cc(N)ccc1=O. The Bertz CT molecular complexity index is 562. The van der Waals surface area contributed by atoms with Crippen LogP contribution in [0.5, 0.6) is 0 Å². The molecule has 2 aromatic heterocycles. The molecule has 2 N–H and O–H groups in total. The third-order valence-corrected chi connectivity index (χ3v) is 3.25. The highest BCUT2D eigenvalue weighted by atomic mass is 32.2. The number of pyridine rings is 1. The van der Waals surface area contributed by atoms with Gasteiger partial charge in [0.25, 0.3) is 5.56 Å². The van der Waals surface area contributed by atoms with E-state index in [9.17, 15) is 4.79 Å². The smallest absolute Gasteiger partial charge is 0.250 e. The Balaban J connectivity index is 1.97. The van der Waals surface area contributed by atoms with Gasteiger partial charge < -0.3 is 14.9 Å². The first kappa shape index (κ1) is 11.7. The van der Waals surface area contributed by atoms with Crippen LogP contribution in [0.2, 0.25) is 0 Å². The van der Waals surface area contributed by atoms with Gasteiger partial charge in [0, 0.05) is 37.3 Å². The molecule has 6 nitrogen and oxygen atoms in total. The lowest BCUT2D eigenvalue weighted by molar-refractivity contribution is 0.731. The van der Waals surface area contributed by atoms with E-state index in [2.05, 4.69) is 10.2 Å². The van der Waals surface area contributed by atoms with Crippen LogP contribution in [0.3, 0.4) is 0 Å². The topological polar surface area (TPSA) is 78.7 Å². The molecule has 0 amide bonds. The molecule has 0 unspecified atom stereocenters. The molecule has 0 fully saturated rings. The summed E-state index contributed by atoms with van der Waals surface area (Å²) in [7, 11) is 1.88. The van der Waals surface area contributed by atoms with E-state index in [1.165, 1.54) is 6.07 Å². The summed E-state index contributed by atoms with van der Waals surface area (Å²) in [5.41, 5.74) is 6.17. The minimum atomic E-state index is -0.0437. The minimum Gasteiger partial charge on any atom is -0.398 e. The van der Waals surface area contributed by atoms with Gasteiger partial charge >= 0.3 is 0 Å². The Morgan fingerprint density at radius 3 is 3.00 bits per heavy atom. The minimum absolute atomic E-state index is 0.0437. The van der Waals surface area contributed by atoms with Gasteiger partial charge in [0.2, 0.25) is 0 Å². The number of aromatic nitrogens is 4. The highest BCUT2D eigenvalue weighted by Crippen LogP contribution is 2.13. The summed E-state index contributed by atoms with van der Waals surface area (Å²) in [6, 6.07) is 3.08. The lowest BCUT2D eigenvalue weighted by Gasteiger charge is -2.05. The summed E-state index contributed by atoms with van der Waals surface area (Å²) < 4.78 is 3.44. The van der Waals surface area contributed by atoms with Gasteiger partial charge in [-0.2, -0.15) is 0 Å². The maximum absolute atomic E-state index is 11.5. The van der Waals surface area contributed by atoms with Crippen LogP contribution in [0.1, 0.15) is 0 Å². The van der Waals surface area contributed by atoms with E-state index >= 15 is 0 Å². The van der Waals surface area contributed by atoms with Crippen molar-refractivity contribution in [3.63, 3.8) is 0 Å². The fraction of sp³-hybridized carbons (Fsp3) is 0.300. The average Bonchev–Trinajstić information content (AvgIpc) is 2.70. The fourth-order valence-corrected chi connectivity index (χ4v) is 2.19. The Morgan fingerprint density at radius 1 is 1.47 bits per heavy atom. The molecule has 17 heavy (non-hydrogen) atoms. The Hall–Kier alpha value is -1.76. The molecule has 0 radical (unpaired) electrons. The van der Waals surface area contributed by atoms with Crippen LogP contribution in [0.15, 0.2) is 34.6 Å². The molecule has 0 spiro atoms. The molecule has 90 valence electrons.